The number of allylic oxidation sites excluding steroid dienone is 2. The van der Waals surface area contributed by atoms with Gasteiger partial charge in [-0.1, -0.05) is 31.9 Å². The highest BCUT2D eigenvalue weighted by atomic mass is 14.4. The molecule has 0 aliphatic heterocycles. The van der Waals surface area contributed by atoms with Crippen molar-refractivity contribution in [1.82, 2.24) is 0 Å². The lowest BCUT2D eigenvalue weighted by Crippen LogP contribution is -2.31. The first-order valence-electron chi connectivity index (χ1n) is 4.96. The van der Waals surface area contributed by atoms with E-state index in [0.717, 1.165) is 5.92 Å². The highest BCUT2D eigenvalue weighted by molar-refractivity contribution is 5.01. The van der Waals surface area contributed by atoms with Crippen LogP contribution < -0.4 is 0 Å². The molecular formula is C11H18. The maximum absolute atomic E-state index is 2.49. The van der Waals surface area contributed by atoms with Crippen LogP contribution in [0.1, 0.15) is 45.4 Å². The van der Waals surface area contributed by atoms with Gasteiger partial charge in [-0.25, -0.2) is 0 Å². The maximum atomic E-state index is 2.49. The summed E-state index contributed by atoms with van der Waals surface area (Å²) in [6.07, 6.45) is 13.4. The van der Waals surface area contributed by atoms with Crippen molar-refractivity contribution < 1.29 is 0 Å². The highest BCUT2D eigenvalue weighted by Gasteiger charge is 2.35. The number of hydrogen-bond donors (Lipinski definition) is 0. The van der Waals surface area contributed by atoms with E-state index >= 15 is 0 Å². The fourth-order valence-electron chi connectivity index (χ4n) is 2.76. The van der Waals surface area contributed by atoms with Crippen LogP contribution >= 0.6 is 0 Å². The molecule has 1 fully saturated rings. The normalized spacial score (nSPS) is 43.5. The third-order valence-corrected chi connectivity index (χ3v) is 3.71. The summed E-state index contributed by atoms with van der Waals surface area (Å²) in [5, 5.41) is 0. The van der Waals surface area contributed by atoms with Crippen molar-refractivity contribution in [3.8, 4) is 0 Å². The van der Waals surface area contributed by atoms with Crippen molar-refractivity contribution in [2.24, 2.45) is 11.3 Å². The second-order valence-electron chi connectivity index (χ2n) is 4.51. The van der Waals surface area contributed by atoms with Crippen LogP contribution in [0.25, 0.3) is 0 Å². The molecule has 0 aromatic heterocycles. The predicted octanol–water partition coefficient (Wildman–Crippen LogP) is 3.53. The Hall–Kier alpha value is -0.260. The fourth-order valence-corrected chi connectivity index (χ4v) is 2.76. The Bertz CT molecular complexity index is 169. The van der Waals surface area contributed by atoms with E-state index in [0.29, 0.717) is 5.41 Å². The molecule has 2 aliphatic rings. The molecule has 0 N–H and O–H groups in total. The van der Waals surface area contributed by atoms with Gasteiger partial charge in [-0.15, -0.1) is 0 Å². The van der Waals surface area contributed by atoms with Gasteiger partial charge in [0.15, 0.2) is 0 Å². The molecule has 1 saturated carbocycles. The average Bonchev–Trinajstić information content (AvgIpc) is 2.03. The lowest BCUT2D eigenvalue weighted by atomic mass is 9.63. The van der Waals surface area contributed by atoms with E-state index in [1.165, 1.54) is 38.5 Å². The summed E-state index contributed by atoms with van der Waals surface area (Å²) in [4.78, 5) is 0. The molecular weight excluding hydrogens is 132 g/mol. The summed E-state index contributed by atoms with van der Waals surface area (Å²) in [6.45, 7) is 2.49. The van der Waals surface area contributed by atoms with E-state index < -0.39 is 0 Å². The summed E-state index contributed by atoms with van der Waals surface area (Å²) in [5.74, 6) is 1.02. The molecule has 0 unspecified atom stereocenters. The minimum atomic E-state index is 0.688. The second kappa shape index (κ2) is 2.66. The lowest BCUT2D eigenvalue weighted by molar-refractivity contribution is 0.113. The lowest BCUT2D eigenvalue weighted by Gasteiger charge is -2.43. The molecule has 0 nitrogen and oxygen atoms in total. The van der Waals surface area contributed by atoms with Crippen LogP contribution in [0.4, 0.5) is 0 Å². The third-order valence-electron chi connectivity index (χ3n) is 3.71. The van der Waals surface area contributed by atoms with E-state index in [2.05, 4.69) is 19.1 Å². The molecule has 0 aromatic carbocycles. The van der Waals surface area contributed by atoms with Crippen molar-refractivity contribution >= 4 is 0 Å². The minimum Gasteiger partial charge on any atom is -0.0882 e. The van der Waals surface area contributed by atoms with Gasteiger partial charge < -0.3 is 0 Å². The molecule has 2 aliphatic carbocycles. The van der Waals surface area contributed by atoms with Crippen molar-refractivity contribution in [3.63, 3.8) is 0 Å². The molecule has 2 atom stereocenters. The van der Waals surface area contributed by atoms with Crippen molar-refractivity contribution in [2.75, 3.05) is 0 Å². The molecule has 0 heteroatoms. The number of fused-ring (bicyclic) bond motifs is 1. The van der Waals surface area contributed by atoms with Gasteiger partial charge in [-0.2, -0.15) is 0 Å². The predicted molar refractivity (Wildman–Crippen MR) is 48.4 cm³/mol. The summed E-state index contributed by atoms with van der Waals surface area (Å²) in [7, 11) is 0. The molecule has 62 valence electrons. The second-order valence-corrected chi connectivity index (χ2v) is 4.51. The van der Waals surface area contributed by atoms with E-state index in [-0.39, 0.29) is 0 Å². The molecule has 0 aromatic rings. The van der Waals surface area contributed by atoms with Gasteiger partial charge in [-0.3, -0.25) is 0 Å². The van der Waals surface area contributed by atoms with Gasteiger partial charge >= 0.3 is 0 Å². The molecule has 0 heterocycles. The Morgan fingerprint density at radius 1 is 1.27 bits per heavy atom. The van der Waals surface area contributed by atoms with Crippen molar-refractivity contribution in [2.45, 2.75) is 45.4 Å². The monoisotopic (exact) mass is 150 g/mol. The summed E-state index contributed by atoms with van der Waals surface area (Å²) < 4.78 is 0. The van der Waals surface area contributed by atoms with Crippen LogP contribution in [0.15, 0.2) is 12.2 Å². The average molecular weight is 150 g/mol. The number of hydrogen-bond acceptors (Lipinski definition) is 0. The summed E-state index contributed by atoms with van der Waals surface area (Å²) in [5.41, 5.74) is 0.688. The molecule has 0 amide bonds. The zero-order chi connectivity index (χ0) is 7.73. The topological polar surface area (TPSA) is 0 Å². The highest BCUT2D eigenvalue weighted by Crippen LogP contribution is 2.47. The Balaban J connectivity index is 2.15. The van der Waals surface area contributed by atoms with Gasteiger partial charge in [0.2, 0.25) is 0 Å². The Kier molecular flexibility index (Phi) is 1.78. The van der Waals surface area contributed by atoms with Crippen LogP contribution in [0.2, 0.25) is 0 Å². The third kappa shape index (κ3) is 1.23. The van der Waals surface area contributed by atoms with Crippen LogP contribution in [0.5, 0.6) is 0 Å². The Morgan fingerprint density at radius 2 is 2.18 bits per heavy atom. The van der Waals surface area contributed by atoms with Crippen LogP contribution in [-0.4, -0.2) is 0 Å². The first-order valence-corrected chi connectivity index (χ1v) is 4.96. The van der Waals surface area contributed by atoms with Crippen LogP contribution in [0.3, 0.4) is 0 Å². The Labute approximate surface area is 69.7 Å². The molecule has 0 radical (unpaired) electrons. The fraction of sp³-hybridized carbons (Fsp3) is 0.818. The van der Waals surface area contributed by atoms with E-state index in [1.807, 2.05) is 0 Å². The Morgan fingerprint density at radius 3 is 3.00 bits per heavy atom. The summed E-state index contributed by atoms with van der Waals surface area (Å²) >= 11 is 0. The smallest absolute Gasteiger partial charge is 0.0260 e. The van der Waals surface area contributed by atoms with Crippen LogP contribution in [0, 0.1) is 11.3 Å². The number of rotatable bonds is 0. The summed E-state index contributed by atoms with van der Waals surface area (Å²) in [6, 6.07) is 0. The molecule has 0 saturated heterocycles. The van der Waals surface area contributed by atoms with Gasteiger partial charge in [0.05, 0.1) is 0 Å². The van der Waals surface area contributed by atoms with Gasteiger partial charge in [-0.05, 0) is 37.0 Å². The molecule has 0 bridgehead atoms. The zero-order valence-corrected chi connectivity index (χ0v) is 7.47. The molecule has 11 heavy (non-hydrogen) atoms. The minimum absolute atomic E-state index is 0.688. The quantitative estimate of drug-likeness (QED) is 0.463. The van der Waals surface area contributed by atoms with Gasteiger partial charge in [0, 0.05) is 0 Å². The maximum Gasteiger partial charge on any atom is -0.0260 e. The zero-order valence-electron chi connectivity index (χ0n) is 7.47. The van der Waals surface area contributed by atoms with Crippen molar-refractivity contribution in [3.05, 3.63) is 12.2 Å². The van der Waals surface area contributed by atoms with E-state index in [1.54, 1.807) is 0 Å². The molecule has 0 spiro atoms. The van der Waals surface area contributed by atoms with Crippen LogP contribution in [-0.2, 0) is 0 Å². The molecule has 2 rings (SSSR count). The van der Waals surface area contributed by atoms with Crippen molar-refractivity contribution in [1.29, 1.82) is 0 Å². The SMILES string of the molecule is C[C@@]12CC=CC[C@H]1CCCC2. The standard InChI is InChI=1S/C11H18/c1-11-8-4-2-6-10(11)7-3-5-9-11/h2,4,10H,3,5-9H2,1H3/t10-,11-/m0/s1. The van der Waals surface area contributed by atoms with Gasteiger partial charge in [0.1, 0.15) is 0 Å². The first-order chi connectivity index (χ1) is 5.31. The van der Waals surface area contributed by atoms with Gasteiger partial charge in [0.25, 0.3) is 0 Å². The van der Waals surface area contributed by atoms with E-state index in [4.69, 9.17) is 0 Å². The van der Waals surface area contributed by atoms with E-state index in [9.17, 15) is 0 Å². The first kappa shape index (κ1) is 7.39. The largest absolute Gasteiger partial charge is 0.0882 e.